The van der Waals surface area contributed by atoms with E-state index in [-0.39, 0.29) is 11.8 Å². The van der Waals surface area contributed by atoms with Crippen LogP contribution in [0, 0.1) is 5.92 Å². The molecule has 4 nitrogen and oxygen atoms in total. The standard InChI is InChI=1S/C9H20N2O2/c1-8(4-5-10)9(12)11(2)6-7-13-3/h8H,4-7,10H2,1-3H3. The van der Waals surface area contributed by atoms with Gasteiger partial charge in [0.15, 0.2) is 0 Å². The molecule has 1 atom stereocenters. The Morgan fingerprint density at radius 3 is 2.69 bits per heavy atom. The number of hydrogen-bond donors (Lipinski definition) is 1. The van der Waals surface area contributed by atoms with E-state index in [1.165, 1.54) is 0 Å². The molecule has 0 aromatic rings. The molecular formula is C9H20N2O2. The van der Waals surface area contributed by atoms with E-state index in [1.807, 2.05) is 6.92 Å². The van der Waals surface area contributed by atoms with Crippen molar-refractivity contribution in [1.29, 1.82) is 0 Å². The first-order valence-electron chi connectivity index (χ1n) is 4.57. The van der Waals surface area contributed by atoms with Crippen molar-refractivity contribution in [3.8, 4) is 0 Å². The highest BCUT2D eigenvalue weighted by Crippen LogP contribution is 2.04. The summed E-state index contributed by atoms with van der Waals surface area (Å²) in [5, 5.41) is 0. The molecule has 0 rings (SSSR count). The van der Waals surface area contributed by atoms with Crippen molar-refractivity contribution in [2.75, 3.05) is 33.9 Å². The van der Waals surface area contributed by atoms with Crippen LogP contribution in [0.1, 0.15) is 13.3 Å². The van der Waals surface area contributed by atoms with Gasteiger partial charge in [-0.15, -0.1) is 0 Å². The van der Waals surface area contributed by atoms with Crippen LogP contribution in [0.3, 0.4) is 0 Å². The summed E-state index contributed by atoms with van der Waals surface area (Å²) in [7, 11) is 3.41. The van der Waals surface area contributed by atoms with Gasteiger partial charge in [-0.1, -0.05) is 6.92 Å². The van der Waals surface area contributed by atoms with Crippen LogP contribution >= 0.6 is 0 Å². The predicted octanol–water partition coefficient (Wildman–Crippen LogP) is 0.0761. The molecule has 0 aliphatic carbocycles. The van der Waals surface area contributed by atoms with E-state index in [2.05, 4.69) is 0 Å². The van der Waals surface area contributed by atoms with Gasteiger partial charge in [-0.3, -0.25) is 4.79 Å². The van der Waals surface area contributed by atoms with Gasteiger partial charge < -0.3 is 15.4 Å². The fourth-order valence-corrected chi connectivity index (χ4v) is 1.09. The van der Waals surface area contributed by atoms with Crippen LogP contribution in [0.4, 0.5) is 0 Å². The van der Waals surface area contributed by atoms with Crippen LogP contribution in [0.15, 0.2) is 0 Å². The van der Waals surface area contributed by atoms with Gasteiger partial charge in [0.1, 0.15) is 0 Å². The number of carbonyl (C=O) groups is 1. The van der Waals surface area contributed by atoms with Crippen molar-refractivity contribution >= 4 is 5.91 Å². The average Bonchev–Trinajstić information content (AvgIpc) is 2.13. The van der Waals surface area contributed by atoms with Crippen LogP contribution < -0.4 is 5.73 Å². The number of hydrogen-bond acceptors (Lipinski definition) is 3. The molecule has 1 unspecified atom stereocenters. The van der Waals surface area contributed by atoms with Gasteiger partial charge >= 0.3 is 0 Å². The molecule has 0 saturated heterocycles. The fourth-order valence-electron chi connectivity index (χ4n) is 1.09. The highest BCUT2D eigenvalue weighted by Gasteiger charge is 2.15. The lowest BCUT2D eigenvalue weighted by molar-refractivity contribution is -0.134. The van der Waals surface area contributed by atoms with Gasteiger partial charge in [-0.2, -0.15) is 0 Å². The highest BCUT2D eigenvalue weighted by molar-refractivity contribution is 5.78. The number of methoxy groups -OCH3 is 1. The lowest BCUT2D eigenvalue weighted by Crippen LogP contribution is -2.34. The molecule has 0 radical (unpaired) electrons. The molecule has 0 heterocycles. The lowest BCUT2D eigenvalue weighted by atomic mass is 10.1. The molecule has 0 spiro atoms. The van der Waals surface area contributed by atoms with Gasteiger partial charge in [0.05, 0.1) is 6.61 Å². The molecule has 13 heavy (non-hydrogen) atoms. The first-order chi connectivity index (χ1) is 6.13. The van der Waals surface area contributed by atoms with E-state index >= 15 is 0 Å². The summed E-state index contributed by atoms with van der Waals surface area (Å²) in [4.78, 5) is 13.2. The van der Waals surface area contributed by atoms with Crippen LogP contribution in [0.25, 0.3) is 0 Å². The average molecular weight is 188 g/mol. The van der Waals surface area contributed by atoms with Crippen molar-refractivity contribution in [2.45, 2.75) is 13.3 Å². The topological polar surface area (TPSA) is 55.6 Å². The van der Waals surface area contributed by atoms with Crippen molar-refractivity contribution in [3.05, 3.63) is 0 Å². The maximum Gasteiger partial charge on any atom is 0.225 e. The minimum atomic E-state index is 0.0202. The normalized spacial score (nSPS) is 12.6. The number of rotatable bonds is 6. The number of likely N-dealkylation sites (N-methyl/N-ethyl adjacent to an activating group) is 1. The molecule has 0 aliphatic heterocycles. The Morgan fingerprint density at radius 1 is 1.62 bits per heavy atom. The zero-order valence-electron chi connectivity index (χ0n) is 8.75. The van der Waals surface area contributed by atoms with Crippen LogP contribution in [0.5, 0.6) is 0 Å². The van der Waals surface area contributed by atoms with Gasteiger partial charge in [0, 0.05) is 26.6 Å². The van der Waals surface area contributed by atoms with E-state index in [1.54, 1.807) is 19.1 Å². The second kappa shape index (κ2) is 6.86. The quantitative estimate of drug-likeness (QED) is 0.642. The summed E-state index contributed by atoms with van der Waals surface area (Å²) >= 11 is 0. The molecule has 0 bridgehead atoms. The first kappa shape index (κ1) is 12.4. The third kappa shape index (κ3) is 4.85. The van der Waals surface area contributed by atoms with Crippen molar-refractivity contribution in [2.24, 2.45) is 11.7 Å². The third-order valence-electron chi connectivity index (χ3n) is 2.03. The van der Waals surface area contributed by atoms with Crippen molar-refractivity contribution in [3.63, 3.8) is 0 Å². The van der Waals surface area contributed by atoms with E-state index in [0.29, 0.717) is 19.7 Å². The second-order valence-electron chi connectivity index (χ2n) is 3.23. The Kier molecular flexibility index (Phi) is 6.54. The minimum absolute atomic E-state index is 0.0202. The van der Waals surface area contributed by atoms with Gasteiger partial charge in [-0.25, -0.2) is 0 Å². The van der Waals surface area contributed by atoms with E-state index < -0.39 is 0 Å². The summed E-state index contributed by atoms with van der Waals surface area (Å²) in [6.07, 6.45) is 0.746. The van der Waals surface area contributed by atoms with E-state index in [0.717, 1.165) is 6.42 Å². The van der Waals surface area contributed by atoms with Crippen LogP contribution in [0.2, 0.25) is 0 Å². The van der Waals surface area contributed by atoms with Crippen LogP contribution in [-0.2, 0) is 9.53 Å². The Balaban J connectivity index is 3.79. The Morgan fingerprint density at radius 2 is 2.23 bits per heavy atom. The molecule has 1 amide bonds. The summed E-state index contributed by atoms with van der Waals surface area (Å²) in [6, 6.07) is 0. The maximum absolute atomic E-state index is 11.6. The molecular weight excluding hydrogens is 168 g/mol. The summed E-state index contributed by atoms with van der Waals surface area (Å²) < 4.78 is 4.88. The number of nitrogens with zero attached hydrogens (tertiary/aromatic N) is 1. The Hall–Kier alpha value is -0.610. The lowest BCUT2D eigenvalue weighted by Gasteiger charge is -2.20. The predicted molar refractivity (Wildman–Crippen MR) is 52.3 cm³/mol. The van der Waals surface area contributed by atoms with Gasteiger partial charge in [0.25, 0.3) is 0 Å². The number of nitrogens with two attached hydrogens (primary N) is 1. The molecule has 2 N–H and O–H groups in total. The monoisotopic (exact) mass is 188 g/mol. The molecule has 4 heteroatoms. The van der Waals surface area contributed by atoms with Gasteiger partial charge in [0.2, 0.25) is 5.91 Å². The molecule has 0 aromatic carbocycles. The number of carbonyl (C=O) groups excluding carboxylic acids is 1. The molecule has 0 saturated carbocycles. The SMILES string of the molecule is COCCN(C)C(=O)C(C)CCN. The number of ether oxygens (including phenoxy) is 1. The van der Waals surface area contributed by atoms with Crippen molar-refractivity contribution < 1.29 is 9.53 Å². The first-order valence-corrected chi connectivity index (χ1v) is 4.57. The van der Waals surface area contributed by atoms with E-state index in [9.17, 15) is 4.79 Å². The summed E-state index contributed by atoms with van der Waals surface area (Å²) in [5.74, 6) is 0.161. The minimum Gasteiger partial charge on any atom is -0.383 e. The third-order valence-corrected chi connectivity index (χ3v) is 2.03. The van der Waals surface area contributed by atoms with Gasteiger partial charge in [-0.05, 0) is 13.0 Å². The smallest absolute Gasteiger partial charge is 0.225 e. The Labute approximate surface area is 80.0 Å². The summed E-state index contributed by atoms with van der Waals surface area (Å²) in [5.41, 5.74) is 5.37. The molecule has 0 aliphatic rings. The number of amides is 1. The Bertz CT molecular complexity index is 151. The molecule has 78 valence electrons. The molecule has 0 fully saturated rings. The molecule has 0 aromatic heterocycles. The van der Waals surface area contributed by atoms with Crippen LogP contribution in [-0.4, -0.2) is 44.7 Å². The van der Waals surface area contributed by atoms with Crippen molar-refractivity contribution in [1.82, 2.24) is 4.90 Å². The summed E-state index contributed by atoms with van der Waals surface area (Å²) in [6.45, 7) is 3.69. The zero-order valence-corrected chi connectivity index (χ0v) is 8.75. The fraction of sp³-hybridized carbons (Fsp3) is 0.889. The maximum atomic E-state index is 11.6. The second-order valence-corrected chi connectivity index (χ2v) is 3.23. The zero-order chi connectivity index (χ0) is 10.3. The largest absolute Gasteiger partial charge is 0.383 e. The van der Waals surface area contributed by atoms with E-state index in [4.69, 9.17) is 10.5 Å². The highest BCUT2D eigenvalue weighted by atomic mass is 16.5.